The van der Waals surface area contributed by atoms with E-state index in [1.54, 1.807) is 0 Å². The van der Waals surface area contributed by atoms with Crippen molar-refractivity contribution in [3.05, 3.63) is 70.8 Å². The van der Waals surface area contributed by atoms with Gasteiger partial charge in [-0.2, -0.15) is 0 Å². The molecule has 0 saturated carbocycles. The van der Waals surface area contributed by atoms with Crippen LogP contribution < -0.4 is 20.4 Å². The average molecular weight is 683 g/mol. The number of piperazine rings is 2. The zero-order valence-corrected chi connectivity index (χ0v) is 29.8. The summed E-state index contributed by atoms with van der Waals surface area (Å²) in [6.45, 7) is 13.6. The molecule has 0 radical (unpaired) electrons. The van der Waals surface area contributed by atoms with E-state index in [-0.39, 0.29) is 11.8 Å². The minimum Gasteiger partial charge on any atom is -0.377 e. The Morgan fingerprint density at radius 3 is 1.38 bits per heavy atom. The second kappa shape index (κ2) is 16.6. The first-order chi connectivity index (χ1) is 24.3. The standard InChI is InChI=1S/C38H50N8O4/c1-27-33(29-9-5-7-11-31(29)41-35(27)45-19-15-43(3)16-20-45)37(47)39-13-23-49-25-26-50-24-14-40-38(48)34-28(2)36(46-21-17-44(4)18-22-46)42-32-12-8-6-10-30(32)34/h5-12H,13-26H2,1-4H3,(H,39,47)(H,40,48). The number of amides is 2. The number of anilines is 2. The van der Waals surface area contributed by atoms with Crippen molar-refractivity contribution in [3.8, 4) is 0 Å². The van der Waals surface area contributed by atoms with E-state index in [1.807, 2.05) is 62.4 Å². The number of hydrogen-bond acceptors (Lipinski definition) is 10. The third-order valence-electron chi connectivity index (χ3n) is 9.72. The molecular formula is C38H50N8O4. The number of carbonyl (C=O) groups is 2. The quantitative estimate of drug-likeness (QED) is 0.204. The fourth-order valence-corrected chi connectivity index (χ4v) is 6.80. The van der Waals surface area contributed by atoms with E-state index in [0.717, 1.165) is 96.9 Å². The molecule has 0 aliphatic carbocycles. The molecule has 0 bridgehead atoms. The lowest BCUT2D eigenvalue weighted by molar-refractivity contribution is 0.0486. The number of para-hydroxylation sites is 2. The number of rotatable bonds is 13. The number of aromatic nitrogens is 2. The van der Waals surface area contributed by atoms with Crippen LogP contribution in [0, 0.1) is 13.8 Å². The van der Waals surface area contributed by atoms with Gasteiger partial charge in [0.25, 0.3) is 11.8 Å². The van der Waals surface area contributed by atoms with E-state index in [0.29, 0.717) is 50.6 Å². The van der Waals surface area contributed by atoms with Crippen LogP contribution in [0.15, 0.2) is 48.5 Å². The highest BCUT2D eigenvalue weighted by Crippen LogP contribution is 2.30. The van der Waals surface area contributed by atoms with Crippen LogP contribution in [0.5, 0.6) is 0 Å². The number of ether oxygens (including phenoxy) is 2. The second-order valence-corrected chi connectivity index (χ2v) is 13.2. The maximum atomic E-state index is 13.4. The Balaban J connectivity index is 0.942. The number of nitrogens with zero attached hydrogens (tertiary/aromatic N) is 6. The maximum Gasteiger partial charge on any atom is 0.252 e. The summed E-state index contributed by atoms with van der Waals surface area (Å²) in [5.74, 6) is 1.51. The number of pyridine rings is 2. The predicted octanol–water partition coefficient (Wildman–Crippen LogP) is 3.10. The first-order valence-electron chi connectivity index (χ1n) is 17.7. The van der Waals surface area contributed by atoms with Crippen LogP contribution in [0.1, 0.15) is 31.8 Å². The maximum absolute atomic E-state index is 13.4. The Labute approximate surface area is 294 Å². The van der Waals surface area contributed by atoms with Gasteiger partial charge in [-0.15, -0.1) is 0 Å². The van der Waals surface area contributed by atoms with Gasteiger partial charge in [0.1, 0.15) is 11.6 Å². The molecule has 0 spiro atoms. The normalized spacial score (nSPS) is 15.9. The van der Waals surface area contributed by atoms with E-state index in [2.05, 4.69) is 44.3 Å². The molecule has 12 heteroatoms. The number of fused-ring (bicyclic) bond motifs is 2. The Hall–Kier alpha value is -4.36. The van der Waals surface area contributed by atoms with E-state index in [9.17, 15) is 9.59 Å². The zero-order valence-electron chi connectivity index (χ0n) is 29.8. The van der Waals surface area contributed by atoms with Crippen LogP contribution in [-0.4, -0.2) is 138 Å². The minimum absolute atomic E-state index is 0.125. The van der Waals surface area contributed by atoms with Crippen LogP contribution in [-0.2, 0) is 9.47 Å². The number of benzene rings is 2. The molecule has 2 aromatic carbocycles. The summed E-state index contributed by atoms with van der Waals surface area (Å²) >= 11 is 0. The van der Waals surface area contributed by atoms with Gasteiger partial charge in [-0.05, 0) is 40.1 Å². The van der Waals surface area contributed by atoms with Gasteiger partial charge in [0.2, 0.25) is 0 Å². The van der Waals surface area contributed by atoms with Crippen LogP contribution in [0.25, 0.3) is 21.8 Å². The number of nitrogens with one attached hydrogen (secondary N) is 2. The molecule has 2 N–H and O–H groups in total. The van der Waals surface area contributed by atoms with Gasteiger partial charge in [0.15, 0.2) is 0 Å². The summed E-state index contributed by atoms with van der Waals surface area (Å²) < 4.78 is 11.5. The molecular weight excluding hydrogens is 632 g/mol. The average Bonchev–Trinajstić information content (AvgIpc) is 3.12. The molecule has 0 unspecified atom stereocenters. The molecule has 2 saturated heterocycles. The Morgan fingerprint density at radius 1 is 0.600 bits per heavy atom. The topological polar surface area (TPSA) is 115 Å². The lowest BCUT2D eigenvalue weighted by Gasteiger charge is -2.34. The minimum atomic E-state index is -0.125. The first-order valence-corrected chi connectivity index (χ1v) is 17.7. The summed E-state index contributed by atoms with van der Waals surface area (Å²) in [5.41, 5.74) is 4.77. The Kier molecular flexibility index (Phi) is 11.7. The Bertz CT molecular complexity index is 1670. The Morgan fingerprint density at radius 2 is 0.980 bits per heavy atom. The summed E-state index contributed by atoms with van der Waals surface area (Å²) in [7, 11) is 4.25. The molecule has 2 aliphatic heterocycles. The van der Waals surface area contributed by atoms with Gasteiger partial charge in [-0.3, -0.25) is 9.59 Å². The highest BCUT2D eigenvalue weighted by molar-refractivity contribution is 6.09. The summed E-state index contributed by atoms with van der Waals surface area (Å²) in [6.07, 6.45) is 0. The molecule has 50 heavy (non-hydrogen) atoms. The third-order valence-corrected chi connectivity index (χ3v) is 9.72. The van der Waals surface area contributed by atoms with Crippen LogP contribution in [0.4, 0.5) is 11.6 Å². The third kappa shape index (κ3) is 8.15. The van der Waals surface area contributed by atoms with Crippen LogP contribution in [0.2, 0.25) is 0 Å². The van der Waals surface area contributed by atoms with Gasteiger partial charge < -0.3 is 39.7 Å². The van der Waals surface area contributed by atoms with Crippen molar-refractivity contribution in [2.45, 2.75) is 13.8 Å². The number of hydrogen-bond donors (Lipinski definition) is 2. The van der Waals surface area contributed by atoms with E-state index in [4.69, 9.17) is 19.4 Å². The zero-order chi connectivity index (χ0) is 35.0. The van der Waals surface area contributed by atoms with Gasteiger partial charge in [-0.1, -0.05) is 36.4 Å². The molecule has 6 rings (SSSR count). The van der Waals surface area contributed by atoms with Crippen molar-refractivity contribution in [3.63, 3.8) is 0 Å². The van der Waals surface area contributed by atoms with Crippen molar-refractivity contribution >= 4 is 45.3 Å². The highest BCUT2D eigenvalue weighted by atomic mass is 16.5. The number of carbonyl (C=O) groups excluding carboxylic acids is 2. The van der Waals surface area contributed by atoms with Crippen molar-refractivity contribution < 1.29 is 19.1 Å². The smallest absolute Gasteiger partial charge is 0.252 e. The lowest BCUT2D eigenvalue weighted by Crippen LogP contribution is -2.45. The molecule has 2 fully saturated rings. The molecule has 12 nitrogen and oxygen atoms in total. The molecule has 4 aromatic rings. The molecule has 4 heterocycles. The van der Waals surface area contributed by atoms with E-state index < -0.39 is 0 Å². The van der Waals surface area contributed by atoms with Crippen molar-refractivity contribution in [2.24, 2.45) is 0 Å². The van der Waals surface area contributed by atoms with Gasteiger partial charge >= 0.3 is 0 Å². The molecule has 2 amide bonds. The van der Waals surface area contributed by atoms with Gasteiger partial charge in [0, 0.05) is 87.3 Å². The van der Waals surface area contributed by atoms with Crippen LogP contribution >= 0.6 is 0 Å². The largest absolute Gasteiger partial charge is 0.377 e. The monoisotopic (exact) mass is 682 g/mol. The van der Waals surface area contributed by atoms with Gasteiger partial charge in [0.05, 0.1) is 48.6 Å². The molecule has 0 atom stereocenters. The number of likely N-dealkylation sites (N-methyl/N-ethyl adjacent to an activating group) is 2. The second-order valence-electron chi connectivity index (χ2n) is 13.2. The van der Waals surface area contributed by atoms with Crippen LogP contribution in [0.3, 0.4) is 0 Å². The molecule has 2 aliphatic rings. The summed E-state index contributed by atoms with van der Waals surface area (Å²) in [6, 6.07) is 15.6. The fraction of sp³-hybridized carbons (Fsp3) is 0.474. The van der Waals surface area contributed by atoms with Gasteiger partial charge in [-0.25, -0.2) is 9.97 Å². The lowest BCUT2D eigenvalue weighted by atomic mass is 10.0. The van der Waals surface area contributed by atoms with E-state index in [1.165, 1.54) is 0 Å². The SMILES string of the molecule is Cc1c(N2CCN(C)CC2)nc2ccccc2c1C(=O)NCCOCCOCCNC(=O)c1c(C)c(N2CCN(C)CC2)nc2ccccc12. The highest BCUT2D eigenvalue weighted by Gasteiger charge is 2.25. The molecule has 2 aromatic heterocycles. The van der Waals surface area contributed by atoms with Crippen molar-refractivity contribution in [2.75, 3.05) is 116 Å². The van der Waals surface area contributed by atoms with E-state index >= 15 is 0 Å². The first kappa shape index (κ1) is 35.5. The molecule has 266 valence electrons. The predicted molar refractivity (Wildman–Crippen MR) is 199 cm³/mol. The van der Waals surface area contributed by atoms with Crippen molar-refractivity contribution in [1.29, 1.82) is 0 Å². The summed E-state index contributed by atoms with van der Waals surface area (Å²) in [5, 5.41) is 7.77. The fourth-order valence-electron chi connectivity index (χ4n) is 6.80. The van der Waals surface area contributed by atoms with Crippen molar-refractivity contribution in [1.82, 2.24) is 30.4 Å². The summed E-state index contributed by atoms with van der Waals surface area (Å²) in [4.78, 5) is 45.9.